The van der Waals surface area contributed by atoms with E-state index in [1.165, 1.54) is 0 Å². The molecule has 0 spiro atoms. The number of halogens is 2. The van der Waals surface area contributed by atoms with Crippen molar-refractivity contribution in [3.63, 3.8) is 0 Å². The molecule has 1 aromatic rings. The lowest BCUT2D eigenvalue weighted by Crippen LogP contribution is -2.51. The number of hydrogen-bond acceptors (Lipinski definition) is 3. The number of carbonyl (C=O) groups excluding carboxylic acids is 1. The molecule has 1 aliphatic carbocycles. The number of rotatable bonds is 3. The fourth-order valence-electron chi connectivity index (χ4n) is 2.76. The monoisotopic (exact) mass is 332 g/mol. The molecule has 1 fully saturated rings. The second-order valence-corrected chi connectivity index (χ2v) is 6.05. The summed E-state index contributed by atoms with van der Waals surface area (Å²) in [6.45, 7) is 1.96. The predicted molar refractivity (Wildman–Crippen MR) is 88.4 cm³/mol. The molecule has 118 valence electrons. The Hall–Kier alpha value is -0.970. The summed E-state index contributed by atoms with van der Waals surface area (Å²) in [5, 5.41) is 3.38. The van der Waals surface area contributed by atoms with Crippen LogP contribution in [0.4, 0.5) is 5.69 Å². The number of methoxy groups -OCH3 is 1. The van der Waals surface area contributed by atoms with E-state index in [1.807, 2.05) is 6.92 Å². The minimum Gasteiger partial charge on any atom is -0.495 e. The van der Waals surface area contributed by atoms with Crippen LogP contribution in [-0.4, -0.2) is 18.6 Å². The average Bonchev–Trinajstić information content (AvgIpc) is 2.38. The van der Waals surface area contributed by atoms with E-state index in [0.717, 1.165) is 25.7 Å². The van der Waals surface area contributed by atoms with Gasteiger partial charge in [0.05, 0.1) is 18.1 Å². The van der Waals surface area contributed by atoms with Crippen LogP contribution in [0.2, 0.25) is 5.02 Å². The molecule has 1 aliphatic rings. The molecule has 0 aliphatic heterocycles. The molecular weight excluding hydrogens is 311 g/mol. The molecular formula is C15H22Cl2N2O2. The molecule has 6 heteroatoms. The first kappa shape index (κ1) is 18.1. The van der Waals surface area contributed by atoms with E-state index in [9.17, 15) is 4.79 Å². The Balaban J connectivity index is 0.00000220. The van der Waals surface area contributed by atoms with Crippen LogP contribution in [0.15, 0.2) is 18.2 Å². The van der Waals surface area contributed by atoms with Crippen LogP contribution in [0.25, 0.3) is 0 Å². The molecule has 21 heavy (non-hydrogen) atoms. The van der Waals surface area contributed by atoms with Gasteiger partial charge in [0.1, 0.15) is 5.75 Å². The zero-order valence-electron chi connectivity index (χ0n) is 12.3. The minimum absolute atomic E-state index is 0. The highest BCUT2D eigenvalue weighted by Crippen LogP contribution is 2.33. The van der Waals surface area contributed by atoms with Crippen molar-refractivity contribution >= 4 is 35.6 Å². The van der Waals surface area contributed by atoms with Gasteiger partial charge in [0.2, 0.25) is 5.91 Å². The molecule has 2 unspecified atom stereocenters. The summed E-state index contributed by atoms with van der Waals surface area (Å²) in [4.78, 5) is 12.4. The highest BCUT2D eigenvalue weighted by molar-refractivity contribution is 6.32. The maximum Gasteiger partial charge on any atom is 0.229 e. The normalized spacial score (nSPS) is 24.9. The van der Waals surface area contributed by atoms with E-state index in [1.54, 1.807) is 25.3 Å². The van der Waals surface area contributed by atoms with Crippen molar-refractivity contribution < 1.29 is 9.53 Å². The molecule has 4 nitrogen and oxygen atoms in total. The topological polar surface area (TPSA) is 64.3 Å². The Morgan fingerprint density at radius 3 is 2.76 bits per heavy atom. The number of carbonyl (C=O) groups is 1. The van der Waals surface area contributed by atoms with E-state index >= 15 is 0 Å². The third-order valence-electron chi connectivity index (χ3n) is 3.99. The zero-order valence-corrected chi connectivity index (χ0v) is 13.9. The number of nitrogens with one attached hydrogen (secondary N) is 1. The third kappa shape index (κ3) is 4.25. The SMILES string of the molecule is COc1ccc(NC(=O)C2CCCCC2(C)N)cc1Cl.Cl. The molecule has 0 radical (unpaired) electrons. The van der Waals surface area contributed by atoms with Crippen molar-refractivity contribution in [2.45, 2.75) is 38.1 Å². The van der Waals surface area contributed by atoms with E-state index < -0.39 is 5.54 Å². The summed E-state index contributed by atoms with van der Waals surface area (Å²) in [5.74, 6) is 0.402. The molecule has 1 amide bonds. The van der Waals surface area contributed by atoms with Gasteiger partial charge in [0, 0.05) is 11.2 Å². The number of benzene rings is 1. The Morgan fingerprint density at radius 1 is 1.48 bits per heavy atom. The first-order valence-electron chi connectivity index (χ1n) is 6.87. The summed E-state index contributed by atoms with van der Waals surface area (Å²) in [5.41, 5.74) is 6.48. The van der Waals surface area contributed by atoms with Crippen LogP contribution >= 0.6 is 24.0 Å². The molecule has 2 rings (SSSR count). The van der Waals surface area contributed by atoms with Gasteiger partial charge < -0.3 is 15.8 Å². The second-order valence-electron chi connectivity index (χ2n) is 5.64. The maximum atomic E-state index is 12.4. The van der Waals surface area contributed by atoms with Gasteiger partial charge in [-0.05, 0) is 38.0 Å². The Kier molecular flexibility index (Phi) is 6.32. The second kappa shape index (κ2) is 7.34. The van der Waals surface area contributed by atoms with Gasteiger partial charge in [-0.1, -0.05) is 24.4 Å². The molecule has 1 saturated carbocycles. The van der Waals surface area contributed by atoms with Crippen LogP contribution < -0.4 is 15.8 Å². The van der Waals surface area contributed by atoms with Gasteiger partial charge in [-0.15, -0.1) is 12.4 Å². The molecule has 0 heterocycles. The van der Waals surface area contributed by atoms with Crippen molar-refractivity contribution in [2.75, 3.05) is 12.4 Å². The van der Waals surface area contributed by atoms with E-state index in [2.05, 4.69) is 5.32 Å². The number of anilines is 1. The third-order valence-corrected chi connectivity index (χ3v) is 4.29. The van der Waals surface area contributed by atoms with Crippen molar-refractivity contribution in [1.82, 2.24) is 0 Å². The van der Waals surface area contributed by atoms with E-state index in [-0.39, 0.29) is 24.2 Å². The standard InChI is InChI=1S/C15H21ClN2O2.ClH/c1-15(17)8-4-3-5-11(15)14(19)18-10-6-7-13(20-2)12(16)9-10;/h6-7,9,11H,3-5,8,17H2,1-2H3,(H,18,19);1H. The number of amides is 1. The maximum absolute atomic E-state index is 12.4. The van der Waals surface area contributed by atoms with Gasteiger partial charge in [-0.3, -0.25) is 4.79 Å². The van der Waals surface area contributed by atoms with Crippen LogP contribution in [0.5, 0.6) is 5.75 Å². The predicted octanol–water partition coefficient (Wildman–Crippen LogP) is 3.62. The number of hydrogen-bond donors (Lipinski definition) is 2. The molecule has 3 N–H and O–H groups in total. The fraction of sp³-hybridized carbons (Fsp3) is 0.533. The Morgan fingerprint density at radius 2 is 2.19 bits per heavy atom. The summed E-state index contributed by atoms with van der Waals surface area (Å²) >= 11 is 6.05. The van der Waals surface area contributed by atoms with Crippen molar-refractivity contribution in [3.8, 4) is 5.75 Å². The lowest BCUT2D eigenvalue weighted by Gasteiger charge is -2.37. The fourth-order valence-corrected chi connectivity index (χ4v) is 3.02. The summed E-state index contributed by atoms with van der Waals surface area (Å²) in [6, 6.07) is 5.20. The van der Waals surface area contributed by atoms with Crippen LogP contribution in [0.3, 0.4) is 0 Å². The summed E-state index contributed by atoms with van der Waals surface area (Å²) < 4.78 is 5.09. The minimum atomic E-state index is -0.432. The van der Waals surface area contributed by atoms with Crippen LogP contribution in [0, 0.1) is 5.92 Å². The van der Waals surface area contributed by atoms with Gasteiger partial charge >= 0.3 is 0 Å². The molecule has 0 saturated heterocycles. The molecule has 0 aromatic heterocycles. The van der Waals surface area contributed by atoms with Gasteiger partial charge in [-0.25, -0.2) is 0 Å². The average molecular weight is 333 g/mol. The van der Waals surface area contributed by atoms with Crippen molar-refractivity contribution in [3.05, 3.63) is 23.2 Å². The summed E-state index contributed by atoms with van der Waals surface area (Å²) in [6.07, 6.45) is 3.86. The van der Waals surface area contributed by atoms with Crippen LogP contribution in [-0.2, 0) is 4.79 Å². The smallest absolute Gasteiger partial charge is 0.229 e. The largest absolute Gasteiger partial charge is 0.495 e. The highest BCUT2D eigenvalue weighted by Gasteiger charge is 2.37. The molecule has 0 bridgehead atoms. The lowest BCUT2D eigenvalue weighted by molar-refractivity contribution is -0.122. The summed E-state index contributed by atoms with van der Waals surface area (Å²) in [7, 11) is 1.56. The van der Waals surface area contributed by atoms with E-state index in [0.29, 0.717) is 16.5 Å². The number of ether oxygens (including phenoxy) is 1. The van der Waals surface area contributed by atoms with E-state index in [4.69, 9.17) is 22.1 Å². The van der Waals surface area contributed by atoms with Crippen LogP contribution in [0.1, 0.15) is 32.6 Å². The zero-order chi connectivity index (χ0) is 14.8. The van der Waals surface area contributed by atoms with Crippen molar-refractivity contribution in [1.29, 1.82) is 0 Å². The van der Waals surface area contributed by atoms with Gasteiger partial charge in [-0.2, -0.15) is 0 Å². The first-order valence-corrected chi connectivity index (χ1v) is 7.25. The Bertz CT molecular complexity index is 506. The van der Waals surface area contributed by atoms with Gasteiger partial charge in [0.25, 0.3) is 0 Å². The number of nitrogens with two attached hydrogens (primary N) is 1. The van der Waals surface area contributed by atoms with Crippen molar-refractivity contribution in [2.24, 2.45) is 11.7 Å². The quantitative estimate of drug-likeness (QED) is 0.888. The first-order chi connectivity index (χ1) is 9.44. The van der Waals surface area contributed by atoms with Gasteiger partial charge in [0.15, 0.2) is 0 Å². The highest BCUT2D eigenvalue weighted by atomic mass is 35.5. The Labute approximate surface area is 136 Å². The molecule has 2 atom stereocenters. The lowest BCUT2D eigenvalue weighted by atomic mass is 9.74. The molecule has 1 aromatic carbocycles.